The van der Waals surface area contributed by atoms with Crippen LogP contribution in [-0.4, -0.2) is 34.5 Å². The van der Waals surface area contributed by atoms with Crippen molar-refractivity contribution in [2.45, 2.75) is 17.6 Å². The van der Waals surface area contributed by atoms with Gasteiger partial charge in [0.1, 0.15) is 16.9 Å². The Labute approximate surface area is 149 Å². The summed E-state index contributed by atoms with van der Waals surface area (Å²) in [7, 11) is 0. The fourth-order valence-corrected chi connectivity index (χ4v) is 3.70. The molecule has 0 saturated heterocycles. The molecule has 0 bridgehead atoms. The van der Waals surface area contributed by atoms with E-state index in [1.807, 2.05) is 42.5 Å². The number of para-hydroxylation sites is 1. The Morgan fingerprint density at radius 2 is 2.04 bits per heavy atom. The number of rotatable bonds is 5. The summed E-state index contributed by atoms with van der Waals surface area (Å²) in [4.78, 5) is 12.1. The van der Waals surface area contributed by atoms with Crippen molar-refractivity contribution in [1.29, 1.82) is 0 Å². The number of amides is 1. The number of nitrogens with one attached hydrogen (secondary N) is 1. The van der Waals surface area contributed by atoms with Gasteiger partial charge in [-0.05, 0) is 11.6 Å². The summed E-state index contributed by atoms with van der Waals surface area (Å²) < 4.78 is 5.83. The number of hydrogen-bond donors (Lipinski definition) is 1. The third kappa shape index (κ3) is 3.58. The van der Waals surface area contributed by atoms with E-state index >= 15 is 0 Å². The van der Waals surface area contributed by atoms with Crippen molar-refractivity contribution in [3.8, 4) is 5.75 Å². The molecule has 5 nitrogen and oxygen atoms in total. The number of hydrogen-bond acceptors (Lipinski definition) is 5. The van der Waals surface area contributed by atoms with E-state index in [9.17, 15) is 4.79 Å². The smallest absolute Gasteiger partial charge is 0.230 e. The largest absolute Gasteiger partial charge is 0.488 e. The number of nitrogens with zero attached hydrogens (tertiary/aromatic N) is 2. The molecule has 2 heterocycles. The third-order valence-electron chi connectivity index (χ3n) is 4.12. The first-order valence-electron chi connectivity index (χ1n) is 8.14. The van der Waals surface area contributed by atoms with Crippen LogP contribution in [0.3, 0.4) is 0 Å². The molecule has 6 heteroatoms. The Morgan fingerprint density at radius 1 is 1.20 bits per heavy atom. The van der Waals surface area contributed by atoms with Gasteiger partial charge in [-0.2, -0.15) is 5.10 Å². The molecular weight excluding hydrogens is 334 g/mol. The van der Waals surface area contributed by atoms with Crippen molar-refractivity contribution >= 4 is 28.4 Å². The van der Waals surface area contributed by atoms with Crippen LogP contribution < -0.4 is 10.1 Å². The van der Waals surface area contributed by atoms with Gasteiger partial charge in [0.15, 0.2) is 0 Å². The lowest BCUT2D eigenvalue weighted by Crippen LogP contribution is -2.35. The van der Waals surface area contributed by atoms with Crippen LogP contribution in [0.15, 0.2) is 59.8 Å². The number of benzene rings is 2. The van der Waals surface area contributed by atoms with Gasteiger partial charge >= 0.3 is 0 Å². The van der Waals surface area contributed by atoms with E-state index in [0.717, 1.165) is 28.0 Å². The average molecular weight is 351 g/mol. The molecule has 1 amide bonds. The maximum Gasteiger partial charge on any atom is 0.230 e. The minimum Gasteiger partial charge on any atom is -0.488 e. The van der Waals surface area contributed by atoms with Gasteiger partial charge in [0.2, 0.25) is 5.91 Å². The van der Waals surface area contributed by atoms with Gasteiger partial charge in [0, 0.05) is 17.2 Å². The lowest BCUT2D eigenvalue weighted by atomic mass is 10.1. The van der Waals surface area contributed by atoms with E-state index in [2.05, 4.69) is 21.6 Å². The van der Waals surface area contributed by atoms with Crippen LogP contribution in [-0.2, 0) is 11.2 Å². The van der Waals surface area contributed by atoms with Gasteiger partial charge < -0.3 is 10.1 Å². The standard InChI is InChI=1S/C19H17N3O2S/c23-18(20-11-15-9-13-5-2-4-8-17(13)24-15)12-25-19-16-7-3-1-6-14(16)10-21-22-19/h1-8,10,15H,9,11-12H2,(H,20,23)/t15-/m0/s1. The zero-order valence-electron chi connectivity index (χ0n) is 13.5. The van der Waals surface area contributed by atoms with Crippen molar-refractivity contribution in [2.24, 2.45) is 0 Å². The summed E-state index contributed by atoms with van der Waals surface area (Å²) in [5.41, 5.74) is 1.20. The Balaban J connectivity index is 1.30. The van der Waals surface area contributed by atoms with Gasteiger partial charge in [-0.1, -0.05) is 54.2 Å². The predicted octanol–water partition coefficient (Wildman–Crippen LogP) is 2.84. The Kier molecular flexibility index (Phi) is 4.52. The first-order chi connectivity index (χ1) is 12.3. The highest BCUT2D eigenvalue weighted by atomic mass is 32.2. The second kappa shape index (κ2) is 7.11. The van der Waals surface area contributed by atoms with Crippen LogP contribution in [0.1, 0.15) is 5.56 Å². The molecular formula is C19H17N3O2S. The van der Waals surface area contributed by atoms with E-state index in [0.29, 0.717) is 12.3 Å². The highest BCUT2D eigenvalue weighted by Crippen LogP contribution is 2.28. The SMILES string of the molecule is O=C(CSc1nncc2ccccc12)NC[C@@H]1Cc2ccccc2O1. The maximum absolute atomic E-state index is 12.1. The number of aromatic nitrogens is 2. The molecule has 25 heavy (non-hydrogen) atoms. The molecule has 1 aromatic heterocycles. The molecule has 1 aliphatic heterocycles. The Hall–Kier alpha value is -2.60. The van der Waals surface area contributed by atoms with E-state index in [1.54, 1.807) is 6.20 Å². The number of carbonyl (C=O) groups excluding carboxylic acids is 1. The molecule has 1 aliphatic rings. The third-order valence-corrected chi connectivity index (χ3v) is 5.10. The first-order valence-corrected chi connectivity index (χ1v) is 9.12. The topological polar surface area (TPSA) is 64.1 Å². The molecule has 3 aromatic rings. The number of ether oxygens (including phenoxy) is 1. The maximum atomic E-state index is 12.1. The summed E-state index contributed by atoms with van der Waals surface area (Å²) in [5.74, 6) is 1.20. The fraction of sp³-hybridized carbons (Fsp3) is 0.211. The van der Waals surface area contributed by atoms with Gasteiger partial charge in [0.25, 0.3) is 0 Å². The second-order valence-corrected chi connectivity index (χ2v) is 6.85. The summed E-state index contributed by atoms with van der Waals surface area (Å²) in [6.45, 7) is 0.509. The molecule has 1 N–H and O–H groups in total. The molecule has 0 spiro atoms. The lowest BCUT2D eigenvalue weighted by molar-refractivity contribution is -0.118. The van der Waals surface area contributed by atoms with E-state index in [1.165, 1.54) is 17.3 Å². The van der Waals surface area contributed by atoms with Crippen molar-refractivity contribution in [2.75, 3.05) is 12.3 Å². The Bertz CT molecular complexity index is 886. The highest BCUT2D eigenvalue weighted by molar-refractivity contribution is 8.00. The summed E-state index contributed by atoms with van der Waals surface area (Å²) >= 11 is 1.40. The molecule has 0 fully saturated rings. The molecule has 0 saturated carbocycles. The van der Waals surface area contributed by atoms with Gasteiger partial charge in [-0.3, -0.25) is 4.79 Å². The van der Waals surface area contributed by atoms with Gasteiger partial charge in [-0.25, -0.2) is 0 Å². The van der Waals surface area contributed by atoms with Gasteiger partial charge in [0.05, 0.1) is 18.5 Å². The minimum absolute atomic E-state index is 0.00342. The molecule has 2 aromatic carbocycles. The number of carbonyl (C=O) groups is 1. The first kappa shape index (κ1) is 15.9. The Morgan fingerprint density at radius 3 is 2.96 bits per heavy atom. The van der Waals surface area contributed by atoms with Gasteiger partial charge in [-0.15, -0.1) is 5.10 Å². The quantitative estimate of drug-likeness (QED) is 0.716. The van der Waals surface area contributed by atoms with Crippen LogP contribution in [0.25, 0.3) is 10.8 Å². The molecule has 0 aliphatic carbocycles. The zero-order valence-corrected chi connectivity index (χ0v) is 14.3. The minimum atomic E-state index is -0.0284. The molecule has 126 valence electrons. The average Bonchev–Trinajstić information content (AvgIpc) is 3.07. The van der Waals surface area contributed by atoms with Crippen molar-refractivity contribution in [3.05, 3.63) is 60.3 Å². The molecule has 0 radical (unpaired) electrons. The van der Waals surface area contributed by atoms with Crippen molar-refractivity contribution < 1.29 is 9.53 Å². The van der Waals surface area contributed by atoms with Crippen molar-refractivity contribution in [1.82, 2.24) is 15.5 Å². The van der Waals surface area contributed by atoms with Crippen LogP contribution in [0.5, 0.6) is 5.75 Å². The van der Waals surface area contributed by atoms with Crippen LogP contribution in [0, 0.1) is 0 Å². The van der Waals surface area contributed by atoms with E-state index < -0.39 is 0 Å². The summed E-state index contributed by atoms with van der Waals surface area (Å²) in [5, 5.41) is 13.9. The second-order valence-electron chi connectivity index (χ2n) is 5.88. The lowest BCUT2D eigenvalue weighted by Gasteiger charge is -2.12. The number of fused-ring (bicyclic) bond motifs is 2. The molecule has 4 rings (SSSR count). The predicted molar refractivity (Wildman–Crippen MR) is 97.8 cm³/mol. The summed E-state index contributed by atoms with van der Waals surface area (Å²) in [6, 6.07) is 15.9. The van der Waals surface area contributed by atoms with Crippen molar-refractivity contribution in [3.63, 3.8) is 0 Å². The van der Waals surface area contributed by atoms with Crippen LogP contribution in [0.2, 0.25) is 0 Å². The normalized spacial score (nSPS) is 15.6. The number of thioether (sulfide) groups is 1. The van der Waals surface area contributed by atoms with Crippen LogP contribution in [0.4, 0.5) is 0 Å². The fourth-order valence-electron chi connectivity index (χ4n) is 2.89. The zero-order chi connectivity index (χ0) is 17.1. The van der Waals surface area contributed by atoms with Crippen LogP contribution >= 0.6 is 11.8 Å². The monoisotopic (exact) mass is 351 g/mol. The molecule has 1 atom stereocenters. The van der Waals surface area contributed by atoms with E-state index in [4.69, 9.17) is 4.74 Å². The van der Waals surface area contributed by atoms with E-state index in [-0.39, 0.29) is 12.0 Å². The summed E-state index contributed by atoms with van der Waals surface area (Å²) in [6.07, 6.45) is 2.57. The highest BCUT2D eigenvalue weighted by Gasteiger charge is 2.22. The molecule has 0 unspecified atom stereocenters.